The molecule has 2 rings (SSSR count). The van der Waals surface area contributed by atoms with Gasteiger partial charge in [-0.25, -0.2) is 8.42 Å². The third-order valence-electron chi connectivity index (χ3n) is 3.20. The fourth-order valence-corrected chi connectivity index (χ4v) is 3.54. The molecule has 1 fully saturated rings. The molecule has 0 amide bonds. The van der Waals surface area contributed by atoms with Crippen molar-refractivity contribution in [1.29, 1.82) is 0 Å². The van der Waals surface area contributed by atoms with E-state index < -0.39 is 21.9 Å². The fourth-order valence-electron chi connectivity index (χ4n) is 2.04. The summed E-state index contributed by atoms with van der Waals surface area (Å²) in [6.07, 6.45) is 0.352. The number of benzene rings is 1. The van der Waals surface area contributed by atoms with Gasteiger partial charge < -0.3 is 9.84 Å². The van der Waals surface area contributed by atoms with Gasteiger partial charge in [-0.3, -0.25) is 4.79 Å². The van der Waals surface area contributed by atoms with Gasteiger partial charge in [-0.2, -0.15) is 4.31 Å². The topological polar surface area (TPSA) is 83.9 Å². The Morgan fingerprint density at radius 3 is 2.47 bits per heavy atom. The number of nitrogens with zero attached hydrogens (tertiary/aromatic N) is 1. The molecule has 6 nitrogen and oxygen atoms in total. The molecule has 1 atom stereocenters. The monoisotopic (exact) mass is 285 g/mol. The van der Waals surface area contributed by atoms with Crippen molar-refractivity contribution < 1.29 is 23.1 Å². The van der Waals surface area contributed by atoms with Crippen molar-refractivity contribution in [1.82, 2.24) is 4.31 Å². The molecule has 1 aliphatic rings. The molecule has 1 aliphatic heterocycles. The summed E-state index contributed by atoms with van der Waals surface area (Å²) in [6, 6.07) is 6.06. The second kappa shape index (κ2) is 5.18. The van der Waals surface area contributed by atoms with Crippen molar-refractivity contribution in [3.05, 3.63) is 24.3 Å². The number of carbonyl (C=O) groups is 1. The van der Waals surface area contributed by atoms with E-state index in [0.717, 1.165) is 0 Å². The van der Waals surface area contributed by atoms with Crippen LogP contribution in [-0.4, -0.2) is 44.0 Å². The predicted molar refractivity (Wildman–Crippen MR) is 67.5 cm³/mol. The zero-order valence-electron chi connectivity index (χ0n) is 10.4. The Morgan fingerprint density at radius 1 is 1.37 bits per heavy atom. The molecule has 0 unspecified atom stereocenters. The summed E-state index contributed by atoms with van der Waals surface area (Å²) in [4.78, 5) is 11.0. The number of carboxylic acids is 1. The molecule has 1 aromatic rings. The van der Waals surface area contributed by atoms with E-state index in [1.165, 1.54) is 23.5 Å². The number of sulfonamides is 1. The van der Waals surface area contributed by atoms with Crippen LogP contribution in [0, 0.1) is 5.92 Å². The van der Waals surface area contributed by atoms with E-state index in [-0.39, 0.29) is 18.0 Å². The van der Waals surface area contributed by atoms with Crippen LogP contribution in [0.1, 0.15) is 6.42 Å². The number of methoxy groups -OCH3 is 1. The van der Waals surface area contributed by atoms with Gasteiger partial charge in [0.15, 0.2) is 0 Å². The number of rotatable bonds is 4. The van der Waals surface area contributed by atoms with Gasteiger partial charge in [0.25, 0.3) is 0 Å². The minimum atomic E-state index is -3.62. The summed E-state index contributed by atoms with van der Waals surface area (Å²) in [5.74, 6) is -0.996. The van der Waals surface area contributed by atoms with Crippen LogP contribution in [0.15, 0.2) is 29.2 Å². The van der Waals surface area contributed by atoms with Gasteiger partial charge in [0.2, 0.25) is 10.0 Å². The highest BCUT2D eigenvalue weighted by Gasteiger charge is 2.35. The predicted octanol–water partition coefficient (Wildman–Crippen LogP) is 0.790. The molecule has 0 aromatic heterocycles. The van der Waals surface area contributed by atoms with Gasteiger partial charge in [-0.05, 0) is 30.7 Å². The minimum Gasteiger partial charge on any atom is -0.497 e. The quantitative estimate of drug-likeness (QED) is 0.884. The normalized spacial score (nSPS) is 20.4. The Bertz CT molecular complexity index is 566. The molecule has 0 bridgehead atoms. The first-order valence-electron chi connectivity index (χ1n) is 5.82. The smallest absolute Gasteiger partial charge is 0.307 e. The van der Waals surface area contributed by atoms with E-state index in [1.807, 2.05) is 0 Å². The first-order chi connectivity index (χ1) is 8.95. The van der Waals surface area contributed by atoms with E-state index in [1.54, 1.807) is 12.1 Å². The molecule has 19 heavy (non-hydrogen) atoms. The Morgan fingerprint density at radius 2 is 2.00 bits per heavy atom. The van der Waals surface area contributed by atoms with E-state index in [2.05, 4.69) is 0 Å². The molecule has 1 N–H and O–H groups in total. The molecule has 1 heterocycles. The Balaban J connectivity index is 2.20. The number of hydrogen-bond acceptors (Lipinski definition) is 4. The SMILES string of the molecule is COc1ccc(S(=O)(=O)N2CC[C@@H](C(=O)O)C2)cc1. The van der Waals surface area contributed by atoms with Crippen LogP contribution >= 0.6 is 0 Å². The first kappa shape index (κ1) is 13.8. The summed E-state index contributed by atoms with van der Waals surface area (Å²) >= 11 is 0. The maximum absolute atomic E-state index is 12.3. The highest BCUT2D eigenvalue weighted by molar-refractivity contribution is 7.89. The molecule has 0 radical (unpaired) electrons. The van der Waals surface area contributed by atoms with E-state index in [0.29, 0.717) is 12.2 Å². The average molecular weight is 285 g/mol. The Kier molecular flexibility index (Phi) is 3.77. The van der Waals surface area contributed by atoms with Gasteiger partial charge in [-0.15, -0.1) is 0 Å². The standard InChI is InChI=1S/C12H15NO5S/c1-18-10-2-4-11(5-3-10)19(16,17)13-7-6-9(8-13)12(14)15/h2-5,9H,6-8H2,1H3,(H,14,15)/t9-/m1/s1. The summed E-state index contributed by atoms with van der Waals surface area (Å²) in [6.45, 7) is 0.273. The van der Waals surface area contributed by atoms with Crippen molar-refractivity contribution in [3.63, 3.8) is 0 Å². The number of ether oxygens (including phenoxy) is 1. The van der Waals surface area contributed by atoms with E-state index >= 15 is 0 Å². The molecule has 1 aromatic carbocycles. The zero-order valence-corrected chi connectivity index (χ0v) is 11.3. The molecule has 0 saturated carbocycles. The zero-order chi connectivity index (χ0) is 14.0. The van der Waals surface area contributed by atoms with Crippen LogP contribution in [0.3, 0.4) is 0 Å². The van der Waals surface area contributed by atoms with Crippen molar-refractivity contribution >= 4 is 16.0 Å². The van der Waals surface area contributed by atoms with Crippen LogP contribution in [-0.2, 0) is 14.8 Å². The molecular weight excluding hydrogens is 270 g/mol. The molecular formula is C12H15NO5S. The van der Waals surface area contributed by atoms with Gasteiger partial charge in [-0.1, -0.05) is 0 Å². The second-order valence-electron chi connectivity index (χ2n) is 4.36. The molecule has 1 saturated heterocycles. The lowest BCUT2D eigenvalue weighted by Crippen LogP contribution is -2.30. The van der Waals surface area contributed by atoms with Gasteiger partial charge >= 0.3 is 5.97 Å². The maximum atomic E-state index is 12.3. The highest BCUT2D eigenvalue weighted by Crippen LogP contribution is 2.25. The lowest BCUT2D eigenvalue weighted by atomic mass is 10.1. The van der Waals surface area contributed by atoms with E-state index in [9.17, 15) is 13.2 Å². The number of aliphatic carboxylic acids is 1. The van der Waals surface area contributed by atoms with Crippen LogP contribution in [0.2, 0.25) is 0 Å². The number of carboxylic acid groups (broad SMARTS) is 1. The van der Waals surface area contributed by atoms with Crippen LogP contribution in [0.4, 0.5) is 0 Å². The van der Waals surface area contributed by atoms with Crippen molar-refractivity contribution in [3.8, 4) is 5.75 Å². The largest absolute Gasteiger partial charge is 0.497 e. The van der Waals surface area contributed by atoms with Crippen molar-refractivity contribution in [2.75, 3.05) is 20.2 Å². The minimum absolute atomic E-state index is 0.0314. The summed E-state index contributed by atoms with van der Waals surface area (Å²) in [5, 5.41) is 8.90. The third kappa shape index (κ3) is 2.71. The van der Waals surface area contributed by atoms with Crippen molar-refractivity contribution in [2.45, 2.75) is 11.3 Å². The molecule has 0 aliphatic carbocycles. The van der Waals surface area contributed by atoms with Crippen molar-refractivity contribution in [2.24, 2.45) is 5.92 Å². The Hall–Kier alpha value is -1.60. The lowest BCUT2D eigenvalue weighted by molar-refractivity contribution is -0.141. The van der Waals surface area contributed by atoms with Crippen LogP contribution < -0.4 is 4.74 Å². The lowest BCUT2D eigenvalue weighted by Gasteiger charge is -2.16. The van der Waals surface area contributed by atoms with Crippen LogP contribution in [0.25, 0.3) is 0 Å². The highest BCUT2D eigenvalue weighted by atomic mass is 32.2. The van der Waals surface area contributed by atoms with Crippen LogP contribution in [0.5, 0.6) is 5.75 Å². The van der Waals surface area contributed by atoms with Gasteiger partial charge in [0.1, 0.15) is 5.75 Å². The summed E-state index contributed by atoms with van der Waals surface area (Å²) in [7, 11) is -2.11. The second-order valence-corrected chi connectivity index (χ2v) is 6.30. The fraction of sp³-hybridized carbons (Fsp3) is 0.417. The first-order valence-corrected chi connectivity index (χ1v) is 7.26. The van der Waals surface area contributed by atoms with Gasteiger partial charge in [0, 0.05) is 13.1 Å². The average Bonchev–Trinajstić information content (AvgIpc) is 2.89. The van der Waals surface area contributed by atoms with E-state index in [4.69, 9.17) is 9.84 Å². The third-order valence-corrected chi connectivity index (χ3v) is 5.08. The summed E-state index contributed by atoms with van der Waals surface area (Å²) in [5.41, 5.74) is 0. The maximum Gasteiger partial charge on any atom is 0.307 e. The molecule has 7 heteroatoms. The molecule has 104 valence electrons. The van der Waals surface area contributed by atoms with Gasteiger partial charge in [0.05, 0.1) is 17.9 Å². The number of hydrogen-bond donors (Lipinski definition) is 1. The Labute approximate surface area is 111 Å². The molecule has 0 spiro atoms. The summed E-state index contributed by atoms with van der Waals surface area (Å²) < 4.78 is 30.8.